The Bertz CT molecular complexity index is 1270. The summed E-state index contributed by atoms with van der Waals surface area (Å²) >= 11 is 10.2. The third-order valence-corrected chi connectivity index (χ3v) is 5.74. The highest BCUT2D eigenvalue weighted by atomic mass is 79.9. The molecule has 0 spiro atoms. The van der Waals surface area contributed by atoms with E-state index in [-0.39, 0.29) is 0 Å². The lowest BCUT2D eigenvalue weighted by atomic mass is 10.1. The van der Waals surface area contributed by atoms with Gasteiger partial charge in [-0.3, -0.25) is 0 Å². The fourth-order valence-electron chi connectivity index (χ4n) is 3.71. The molecule has 5 aromatic rings. The standard InChI is InChI=1S/C24H15BrClN/c25-18-11-14-22-20(15-18)24-21(26)7-4-8-23(24)27(22)19-12-9-17(10-13-19)16-5-2-1-3-6-16/h1-15H. The van der Waals surface area contributed by atoms with E-state index in [0.29, 0.717) is 0 Å². The minimum atomic E-state index is 0.773. The third kappa shape index (κ3) is 2.77. The van der Waals surface area contributed by atoms with Crippen LogP contribution in [0.4, 0.5) is 0 Å². The predicted octanol–water partition coefficient (Wildman–Crippen LogP) is 7.87. The van der Waals surface area contributed by atoms with E-state index in [0.717, 1.165) is 37.0 Å². The zero-order valence-corrected chi connectivity index (χ0v) is 16.7. The quantitative estimate of drug-likeness (QED) is 0.267. The van der Waals surface area contributed by atoms with Crippen molar-refractivity contribution in [2.75, 3.05) is 0 Å². The van der Waals surface area contributed by atoms with E-state index in [2.05, 4.69) is 93.3 Å². The molecule has 0 amide bonds. The van der Waals surface area contributed by atoms with Crippen molar-refractivity contribution in [3.8, 4) is 16.8 Å². The number of rotatable bonds is 2. The molecule has 0 bridgehead atoms. The van der Waals surface area contributed by atoms with Crippen molar-refractivity contribution in [3.63, 3.8) is 0 Å². The first-order valence-electron chi connectivity index (χ1n) is 8.76. The number of hydrogen-bond acceptors (Lipinski definition) is 0. The Balaban J connectivity index is 1.76. The molecule has 0 radical (unpaired) electrons. The van der Waals surface area contributed by atoms with Crippen LogP contribution in [0.2, 0.25) is 5.02 Å². The first-order chi connectivity index (χ1) is 13.2. The normalized spacial score (nSPS) is 11.3. The second-order valence-electron chi connectivity index (χ2n) is 6.54. The molecule has 3 heteroatoms. The molecule has 0 N–H and O–H groups in total. The van der Waals surface area contributed by atoms with Crippen molar-refractivity contribution in [2.45, 2.75) is 0 Å². The lowest BCUT2D eigenvalue weighted by molar-refractivity contribution is 1.18. The highest BCUT2D eigenvalue weighted by molar-refractivity contribution is 9.10. The number of nitrogens with zero attached hydrogens (tertiary/aromatic N) is 1. The smallest absolute Gasteiger partial charge is 0.0556 e. The minimum absolute atomic E-state index is 0.773. The van der Waals surface area contributed by atoms with Gasteiger partial charge in [0.15, 0.2) is 0 Å². The van der Waals surface area contributed by atoms with Crippen molar-refractivity contribution in [3.05, 3.63) is 100 Å². The largest absolute Gasteiger partial charge is 0.309 e. The monoisotopic (exact) mass is 431 g/mol. The Morgan fingerprint density at radius 1 is 0.667 bits per heavy atom. The SMILES string of the molecule is Clc1cccc2c1c1cc(Br)ccc1n2-c1ccc(-c2ccccc2)cc1. The maximum atomic E-state index is 6.57. The van der Waals surface area contributed by atoms with Gasteiger partial charge in [-0.05, 0) is 53.6 Å². The lowest BCUT2D eigenvalue weighted by Gasteiger charge is -2.09. The fraction of sp³-hybridized carbons (Fsp3) is 0. The number of hydrogen-bond donors (Lipinski definition) is 0. The molecule has 1 aromatic heterocycles. The van der Waals surface area contributed by atoms with Gasteiger partial charge in [-0.1, -0.05) is 76.1 Å². The molecule has 0 aliphatic carbocycles. The summed E-state index contributed by atoms with van der Waals surface area (Å²) in [6.45, 7) is 0. The van der Waals surface area contributed by atoms with E-state index in [1.165, 1.54) is 11.1 Å². The van der Waals surface area contributed by atoms with Crippen LogP contribution in [-0.4, -0.2) is 4.57 Å². The van der Waals surface area contributed by atoms with Gasteiger partial charge in [0.2, 0.25) is 0 Å². The van der Waals surface area contributed by atoms with E-state index in [9.17, 15) is 0 Å². The molecule has 27 heavy (non-hydrogen) atoms. The Morgan fingerprint density at radius 2 is 1.41 bits per heavy atom. The van der Waals surface area contributed by atoms with Gasteiger partial charge in [-0.25, -0.2) is 0 Å². The van der Waals surface area contributed by atoms with Gasteiger partial charge < -0.3 is 4.57 Å². The summed E-state index contributed by atoms with van der Waals surface area (Å²) in [5.41, 5.74) is 5.82. The van der Waals surface area contributed by atoms with Crippen LogP contribution >= 0.6 is 27.5 Å². The maximum Gasteiger partial charge on any atom is 0.0556 e. The van der Waals surface area contributed by atoms with Gasteiger partial charge in [0.25, 0.3) is 0 Å². The molecule has 0 aliphatic heterocycles. The number of benzene rings is 4. The second kappa shape index (κ2) is 6.56. The van der Waals surface area contributed by atoms with E-state index < -0.39 is 0 Å². The topological polar surface area (TPSA) is 4.93 Å². The molecule has 0 fully saturated rings. The molecule has 0 saturated carbocycles. The molecular formula is C24H15BrClN. The van der Waals surface area contributed by atoms with Crippen molar-refractivity contribution < 1.29 is 0 Å². The van der Waals surface area contributed by atoms with Gasteiger partial charge in [0.1, 0.15) is 0 Å². The van der Waals surface area contributed by atoms with Crippen LogP contribution in [0.1, 0.15) is 0 Å². The Hall–Kier alpha value is -2.55. The fourth-order valence-corrected chi connectivity index (χ4v) is 4.34. The van der Waals surface area contributed by atoms with Crippen molar-refractivity contribution in [1.82, 2.24) is 4.57 Å². The zero-order valence-electron chi connectivity index (χ0n) is 14.4. The maximum absolute atomic E-state index is 6.57. The summed E-state index contributed by atoms with van der Waals surface area (Å²) in [5, 5.41) is 3.01. The second-order valence-corrected chi connectivity index (χ2v) is 7.87. The van der Waals surface area contributed by atoms with Crippen LogP contribution in [0, 0.1) is 0 Å². The van der Waals surface area contributed by atoms with Gasteiger partial charge in [0.05, 0.1) is 16.1 Å². The number of fused-ring (bicyclic) bond motifs is 3. The summed E-state index contributed by atoms with van der Waals surface area (Å²) < 4.78 is 3.32. The van der Waals surface area contributed by atoms with Crippen LogP contribution in [0.25, 0.3) is 38.6 Å². The first-order valence-corrected chi connectivity index (χ1v) is 9.93. The predicted molar refractivity (Wildman–Crippen MR) is 119 cm³/mol. The molecule has 5 rings (SSSR count). The minimum Gasteiger partial charge on any atom is -0.309 e. The van der Waals surface area contributed by atoms with Crippen LogP contribution in [0.15, 0.2) is 95.5 Å². The van der Waals surface area contributed by atoms with E-state index >= 15 is 0 Å². The number of aromatic nitrogens is 1. The third-order valence-electron chi connectivity index (χ3n) is 4.93. The van der Waals surface area contributed by atoms with Crippen molar-refractivity contribution in [1.29, 1.82) is 0 Å². The molecule has 0 unspecified atom stereocenters. The highest BCUT2D eigenvalue weighted by Crippen LogP contribution is 2.37. The summed E-state index contributed by atoms with van der Waals surface area (Å²) in [5.74, 6) is 0. The van der Waals surface area contributed by atoms with Crippen LogP contribution < -0.4 is 0 Å². The average molecular weight is 433 g/mol. The van der Waals surface area contributed by atoms with Crippen LogP contribution in [0.5, 0.6) is 0 Å². The first kappa shape index (κ1) is 16.6. The van der Waals surface area contributed by atoms with Gasteiger partial charge in [-0.15, -0.1) is 0 Å². The number of halogens is 2. The summed E-state index contributed by atoms with van der Waals surface area (Å²) in [7, 11) is 0. The van der Waals surface area contributed by atoms with Crippen molar-refractivity contribution in [2.24, 2.45) is 0 Å². The van der Waals surface area contributed by atoms with Gasteiger partial charge in [0, 0.05) is 20.9 Å². The summed E-state index contributed by atoms with van der Waals surface area (Å²) in [4.78, 5) is 0. The lowest BCUT2D eigenvalue weighted by Crippen LogP contribution is -1.93. The highest BCUT2D eigenvalue weighted by Gasteiger charge is 2.14. The molecule has 0 aliphatic rings. The molecule has 1 heterocycles. The molecule has 130 valence electrons. The van der Waals surface area contributed by atoms with E-state index in [1.807, 2.05) is 18.2 Å². The molecule has 0 atom stereocenters. The Labute approximate surface area is 170 Å². The average Bonchev–Trinajstić information content (AvgIpc) is 3.03. The summed E-state index contributed by atoms with van der Waals surface area (Å²) in [6.07, 6.45) is 0. The van der Waals surface area contributed by atoms with Crippen molar-refractivity contribution >= 4 is 49.3 Å². The van der Waals surface area contributed by atoms with E-state index in [1.54, 1.807) is 0 Å². The zero-order chi connectivity index (χ0) is 18.4. The van der Waals surface area contributed by atoms with Crippen LogP contribution in [0.3, 0.4) is 0 Å². The van der Waals surface area contributed by atoms with Gasteiger partial charge >= 0.3 is 0 Å². The van der Waals surface area contributed by atoms with Crippen LogP contribution in [-0.2, 0) is 0 Å². The van der Waals surface area contributed by atoms with E-state index in [4.69, 9.17) is 11.6 Å². The Kier molecular flexibility index (Phi) is 4.04. The molecule has 0 saturated heterocycles. The molecule has 4 aromatic carbocycles. The molecular weight excluding hydrogens is 418 g/mol. The molecule has 1 nitrogen and oxygen atoms in total. The summed E-state index contributed by atoms with van der Waals surface area (Å²) in [6, 6.07) is 31.6. The Morgan fingerprint density at radius 3 is 2.19 bits per heavy atom. The van der Waals surface area contributed by atoms with Gasteiger partial charge in [-0.2, -0.15) is 0 Å².